The first-order chi connectivity index (χ1) is 9.75. The molecule has 1 aliphatic rings. The highest BCUT2D eigenvalue weighted by Crippen LogP contribution is 2.30. The molecule has 0 saturated carbocycles. The lowest BCUT2D eigenvalue weighted by molar-refractivity contribution is 0.585. The van der Waals surface area contributed by atoms with E-state index in [9.17, 15) is 0 Å². The van der Waals surface area contributed by atoms with Crippen LogP contribution in [0.1, 0.15) is 5.56 Å². The number of aryl methyl sites for hydroxylation is 1. The van der Waals surface area contributed by atoms with Gasteiger partial charge in [0.25, 0.3) is 0 Å². The lowest BCUT2D eigenvalue weighted by Crippen LogP contribution is -2.43. The standard InChI is InChI=1S/C16H20N4/c1-12-4-2-3-5-13(12)14-10-16(19-11-15(14)17)20-8-6-18-7-9-20/h2-5,10-11,18H,6-9,17H2,1H3. The summed E-state index contributed by atoms with van der Waals surface area (Å²) in [6.45, 7) is 6.10. The van der Waals surface area contributed by atoms with Crippen LogP contribution in [0.15, 0.2) is 36.5 Å². The second-order valence-corrected chi connectivity index (χ2v) is 5.18. The number of aromatic nitrogens is 1. The topological polar surface area (TPSA) is 54.2 Å². The summed E-state index contributed by atoms with van der Waals surface area (Å²) in [4.78, 5) is 6.79. The minimum absolute atomic E-state index is 0.734. The molecule has 0 bridgehead atoms. The lowest BCUT2D eigenvalue weighted by Gasteiger charge is -2.29. The molecule has 0 unspecified atom stereocenters. The molecule has 0 spiro atoms. The molecule has 0 amide bonds. The zero-order chi connectivity index (χ0) is 13.9. The number of nitrogens with two attached hydrogens (primary N) is 1. The first kappa shape index (κ1) is 12.9. The molecule has 2 aromatic rings. The Hall–Kier alpha value is -2.07. The lowest BCUT2D eigenvalue weighted by atomic mass is 10.00. The predicted octanol–water partition coefficient (Wildman–Crippen LogP) is 2.05. The van der Waals surface area contributed by atoms with Gasteiger partial charge in [-0.2, -0.15) is 0 Å². The summed E-state index contributed by atoms with van der Waals surface area (Å²) in [5.41, 5.74) is 10.4. The van der Waals surface area contributed by atoms with Crippen molar-refractivity contribution in [2.24, 2.45) is 0 Å². The van der Waals surface area contributed by atoms with Gasteiger partial charge in [-0.3, -0.25) is 0 Å². The largest absolute Gasteiger partial charge is 0.397 e. The summed E-state index contributed by atoms with van der Waals surface area (Å²) in [5, 5.41) is 3.36. The molecule has 1 aliphatic heterocycles. The number of hydrogen-bond acceptors (Lipinski definition) is 4. The van der Waals surface area contributed by atoms with Crippen molar-refractivity contribution in [3.05, 3.63) is 42.1 Å². The summed E-state index contributed by atoms with van der Waals surface area (Å²) in [7, 11) is 0. The number of hydrogen-bond donors (Lipinski definition) is 2. The van der Waals surface area contributed by atoms with E-state index < -0.39 is 0 Å². The fraction of sp³-hybridized carbons (Fsp3) is 0.312. The van der Waals surface area contributed by atoms with Crippen LogP contribution in [0.25, 0.3) is 11.1 Å². The van der Waals surface area contributed by atoms with Crippen molar-refractivity contribution in [2.45, 2.75) is 6.92 Å². The van der Waals surface area contributed by atoms with E-state index in [1.807, 2.05) is 12.1 Å². The molecule has 2 heterocycles. The normalized spacial score (nSPS) is 15.3. The smallest absolute Gasteiger partial charge is 0.129 e. The van der Waals surface area contributed by atoms with E-state index >= 15 is 0 Å². The molecular formula is C16H20N4. The number of piperazine rings is 1. The van der Waals surface area contributed by atoms with E-state index in [1.54, 1.807) is 6.20 Å². The van der Waals surface area contributed by atoms with Crippen molar-refractivity contribution in [1.82, 2.24) is 10.3 Å². The maximum Gasteiger partial charge on any atom is 0.129 e. The Balaban J connectivity index is 2.00. The van der Waals surface area contributed by atoms with Crippen LogP contribution < -0.4 is 16.0 Å². The molecule has 20 heavy (non-hydrogen) atoms. The average Bonchev–Trinajstić information content (AvgIpc) is 2.49. The van der Waals surface area contributed by atoms with Crippen LogP contribution >= 0.6 is 0 Å². The van der Waals surface area contributed by atoms with Crippen LogP contribution in [0.2, 0.25) is 0 Å². The molecule has 4 heteroatoms. The molecule has 0 radical (unpaired) electrons. The quantitative estimate of drug-likeness (QED) is 0.875. The zero-order valence-electron chi connectivity index (χ0n) is 11.8. The summed E-state index contributed by atoms with van der Waals surface area (Å²) in [6.07, 6.45) is 1.78. The monoisotopic (exact) mass is 268 g/mol. The van der Waals surface area contributed by atoms with Crippen molar-refractivity contribution < 1.29 is 0 Å². The zero-order valence-corrected chi connectivity index (χ0v) is 11.8. The maximum absolute atomic E-state index is 6.13. The summed E-state index contributed by atoms with van der Waals surface area (Å²) < 4.78 is 0. The fourth-order valence-corrected chi connectivity index (χ4v) is 2.63. The highest BCUT2D eigenvalue weighted by Gasteiger charge is 2.14. The van der Waals surface area contributed by atoms with E-state index in [0.717, 1.165) is 43.2 Å². The number of nitrogen functional groups attached to an aromatic ring is 1. The highest BCUT2D eigenvalue weighted by molar-refractivity contribution is 5.80. The third-order valence-corrected chi connectivity index (χ3v) is 3.80. The number of nitrogens with zero attached hydrogens (tertiary/aromatic N) is 2. The van der Waals surface area contributed by atoms with Gasteiger partial charge in [-0.25, -0.2) is 4.98 Å². The summed E-state index contributed by atoms with van der Waals surface area (Å²) >= 11 is 0. The molecule has 3 N–H and O–H groups in total. The molecular weight excluding hydrogens is 248 g/mol. The minimum Gasteiger partial charge on any atom is -0.397 e. The molecule has 1 saturated heterocycles. The summed E-state index contributed by atoms with van der Waals surface area (Å²) in [5.74, 6) is 1.01. The van der Waals surface area contributed by atoms with E-state index in [4.69, 9.17) is 5.73 Å². The maximum atomic E-state index is 6.13. The van der Waals surface area contributed by atoms with Gasteiger partial charge >= 0.3 is 0 Å². The van der Waals surface area contributed by atoms with Gasteiger partial charge in [0, 0.05) is 31.7 Å². The number of benzene rings is 1. The van der Waals surface area contributed by atoms with Crippen molar-refractivity contribution in [3.8, 4) is 11.1 Å². The Labute approximate surface area is 119 Å². The van der Waals surface area contributed by atoms with Crippen LogP contribution in [0.4, 0.5) is 11.5 Å². The predicted molar refractivity (Wildman–Crippen MR) is 83.9 cm³/mol. The van der Waals surface area contributed by atoms with Gasteiger partial charge in [0.05, 0.1) is 11.9 Å². The molecule has 3 rings (SSSR count). The van der Waals surface area contributed by atoms with Crippen molar-refractivity contribution in [3.63, 3.8) is 0 Å². The van der Waals surface area contributed by atoms with E-state index in [-0.39, 0.29) is 0 Å². The average molecular weight is 268 g/mol. The summed E-state index contributed by atoms with van der Waals surface area (Å²) in [6, 6.07) is 10.4. The van der Waals surface area contributed by atoms with Crippen LogP contribution in [-0.4, -0.2) is 31.2 Å². The Bertz CT molecular complexity index is 603. The molecule has 1 fully saturated rings. The van der Waals surface area contributed by atoms with Crippen LogP contribution in [-0.2, 0) is 0 Å². The third kappa shape index (κ3) is 2.47. The van der Waals surface area contributed by atoms with Gasteiger partial charge in [-0.1, -0.05) is 24.3 Å². The molecule has 0 aliphatic carbocycles. The van der Waals surface area contributed by atoms with Crippen LogP contribution in [0.3, 0.4) is 0 Å². The second kappa shape index (κ2) is 5.51. The Morgan fingerprint density at radius 2 is 1.90 bits per heavy atom. The van der Waals surface area contributed by atoms with Gasteiger partial charge in [-0.05, 0) is 24.1 Å². The minimum atomic E-state index is 0.734. The first-order valence-corrected chi connectivity index (χ1v) is 7.03. The SMILES string of the molecule is Cc1ccccc1-c1cc(N2CCNCC2)ncc1N. The third-order valence-electron chi connectivity index (χ3n) is 3.80. The van der Waals surface area contributed by atoms with Crippen molar-refractivity contribution in [1.29, 1.82) is 0 Å². The Kier molecular flexibility index (Phi) is 3.56. The van der Waals surface area contributed by atoms with Crippen molar-refractivity contribution >= 4 is 11.5 Å². The first-order valence-electron chi connectivity index (χ1n) is 7.03. The van der Waals surface area contributed by atoms with Crippen LogP contribution in [0, 0.1) is 6.92 Å². The van der Waals surface area contributed by atoms with Gasteiger partial charge in [0.2, 0.25) is 0 Å². The van der Waals surface area contributed by atoms with Gasteiger partial charge < -0.3 is 16.0 Å². The second-order valence-electron chi connectivity index (χ2n) is 5.18. The molecule has 4 nitrogen and oxygen atoms in total. The molecule has 1 aromatic heterocycles. The van der Waals surface area contributed by atoms with Gasteiger partial charge in [0.15, 0.2) is 0 Å². The van der Waals surface area contributed by atoms with E-state index in [2.05, 4.69) is 40.3 Å². The van der Waals surface area contributed by atoms with E-state index in [0.29, 0.717) is 0 Å². The molecule has 1 aromatic carbocycles. The van der Waals surface area contributed by atoms with E-state index in [1.165, 1.54) is 11.1 Å². The Morgan fingerprint density at radius 3 is 2.65 bits per heavy atom. The van der Waals surface area contributed by atoms with Gasteiger partial charge in [-0.15, -0.1) is 0 Å². The van der Waals surface area contributed by atoms with Crippen molar-refractivity contribution in [2.75, 3.05) is 36.8 Å². The molecule has 104 valence electrons. The molecule has 0 atom stereocenters. The highest BCUT2D eigenvalue weighted by atomic mass is 15.2. The van der Waals surface area contributed by atoms with Crippen LogP contribution in [0.5, 0.6) is 0 Å². The number of rotatable bonds is 2. The number of anilines is 2. The fourth-order valence-electron chi connectivity index (χ4n) is 2.63. The number of pyridine rings is 1. The Morgan fingerprint density at radius 1 is 1.15 bits per heavy atom. The van der Waals surface area contributed by atoms with Gasteiger partial charge in [0.1, 0.15) is 5.82 Å². The number of nitrogens with one attached hydrogen (secondary N) is 1.